The second kappa shape index (κ2) is 8.36. The van der Waals surface area contributed by atoms with Crippen molar-refractivity contribution in [2.24, 2.45) is 11.1 Å². The molecule has 1 spiro atoms. The number of hydrogen-bond donors (Lipinski definition) is 2. The molecule has 1 amide bonds. The van der Waals surface area contributed by atoms with Crippen molar-refractivity contribution in [3.05, 3.63) is 79.1 Å². The Morgan fingerprint density at radius 1 is 1.14 bits per heavy atom. The lowest BCUT2D eigenvalue weighted by atomic mass is 9.60. The predicted molar refractivity (Wildman–Crippen MR) is 142 cm³/mol. The second-order valence-electron chi connectivity index (χ2n) is 9.84. The Morgan fingerprint density at radius 2 is 1.86 bits per heavy atom. The number of ketones is 1. The summed E-state index contributed by atoms with van der Waals surface area (Å²) in [4.78, 5) is 42.9. The van der Waals surface area contributed by atoms with Gasteiger partial charge in [0.1, 0.15) is 16.8 Å². The first kappa shape index (κ1) is 24.9. The van der Waals surface area contributed by atoms with Crippen LogP contribution in [0.25, 0.3) is 0 Å². The van der Waals surface area contributed by atoms with Crippen molar-refractivity contribution in [1.29, 1.82) is 0 Å². The van der Waals surface area contributed by atoms with Crippen LogP contribution >= 0.6 is 39.1 Å². The molecule has 1 atom stereocenters. The van der Waals surface area contributed by atoms with Crippen LogP contribution in [0.1, 0.15) is 32.3 Å². The zero-order valence-electron chi connectivity index (χ0n) is 19.7. The number of carbonyl (C=O) groups is 3. The fourth-order valence-electron chi connectivity index (χ4n) is 5.54. The molecule has 2 aromatic carbocycles. The largest absolute Gasteiger partial charge is 0.466 e. The van der Waals surface area contributed by atoms with E-state index in [0.717, 1.165) is 0 Å². The van der Waals surface area contributed by atoms with Crippen molar-refractivity contribution >= 4 is 68.2 Å². The van der Waals surface area contributed by atoms with Crippen molar-refractivity contribution in [2.75, 3.05) is 17.3 Å². The standard InChI is InChI=1S/C26H22BrCl2N3O4/c1-25(2)10-18-20(19(33)11-25)26(14-8-12(27)4-7-16(14)31-24(26)35)21(23(34)36-3)22(30)32(18)17-9-13(28)5-6-15(17)29/h4-9H,10-11,30H2,1-3H3,(H,31,35). The minimum absolute atomic E-state index is 0.0572. The lowest BCUT2D eigenvalue weighted by Gasteiger charge is -2.47. The summed E-state index contributed by atoms with van der Waals surface area (Å²) in [5.74, 6) is -1.70. The van der Waals surface area contributed by atoms with Crippen molar-refractivity contribution in [3.8, 4) is 0 Å². The smallest absolute Gasteiger partial charge is 0.339 e. The van der Waals surface area contributed by atoms with Crippen LogP contribution in [-0.4, -0.2) is 24.8 Å². The van der Waals surface area contributed by atoms with E-state index in [0.29, 0.717) is 43.6 Å². The number of esters is 1. The van der Waals surface area contributed by atoms with Crippen LogP contribution < -0.4 is 16.0 Å². The zero-order valence-corrected chi connectivity index (χ0v) is 22.8. The second-order valence-corrected chi connectivity index (χ2v) is 11.6. The van der Waals surface area contributed by atoms with Crippen LogP contribution in [0, 0.1) is 5.41 Å². The minimum Gasteiger partial charge on any atom is -0.466 e. The van der Waals surface area contributed by atoms with Crippen LogP contribution in [0.15, 0.2) is 63.5 Å². The Balaban J connectivity index is 1.96. The van der Waals surface area contributed by atoms with Crippen molar-refractivity contribution in [2.45, 2.75) is 32.1 Å². The SMILES string of the molecule is COC(=O)C1=C(N)N(c2cc(Cl)ccc2Cl)C2=C(C(=O)CC(C)(C)C2)C12C(=O)Nc1ccc(Br)cc12. The molecule has 5 rings (SSSR count). The van der Waals surface area contributed by atoms with Crippen LogP contribution in [0.4, 0.5) is 11.4 Å². The van der Waals surface area contributed by atoms with Crippen LogP contribution in [0.5, 0.6) is 0 Å². The van der Waals surface area contributed by atoms with E-state index in [1.54, 1.807) is 41.3 Å². The molecule has 0 saturated carbocycles. The number of nitrogens with two attached hydrogens (primary N) is 1. The van der Waals surface area contributed by atoms with Crippen LogP contribution in [-0.2, 0) is 24.5 Å². The van der Waals surface area contributed by atoms with Gasteiger partial charge in [0.2, 0.25) is 5.91 Å². The normalized spacial score (nSPS) is 22.6. The van der Waals surface area contributed by atoms with Gasteiger partial charge in [0, 0.05) is 38.4 Å². The zero-order chi connectivity index (χ0) is 26.2. The van der Waals surface area contributed by atoms with Gasteiger partial charge in [-0.2, -0.15) is 0 Å². The number of amides is 1. The Kier molecular flexibility index (Phi) is 5.78. The summed E-state index contributed by atoms with van der Waals surface area (Å²) < 4.78 is 5.82. The van der Waals surface area contributed by atoms with E-state index in [1.807, 2.05) is 13.8 Å². The topological polar surface area (TPSA) is 102 Å². The molecule has 2 aromatic rings. The molecular formula is C26H22BrCl2N3O4. The molecular weight excluding hydrogens is 569 g/mol. The highest BCUT2D eigenvalue weighted by molar-refractivity contribution is 9.10. The van der Waals surface area contributed by atoms with Gasteiger partial charge in [0.15, 0.2) is 5.78 Å². The molecule has 0 saturated heterocycles. The first-order chi connectivity index (χ1) is 16.9. The molecule has 186 valence electrons. The number of Topliss-reactive ketones (excluding diaryl/α,β-unsaturated/α-hetero) is 1. The maximum absolute atomic E-state index is 14.0. The maximum Gasteiger partial charge on any atom is 0.339 e. The van der Waals surface area contributed by atoms with E-state index in [1.165, 1.54) is 7.11 Å². The number of allylic oxidation sites excluding steroid dienone is 1. The Hall–Kier alpha value is -2.81. The number of nitrogens with one attached hydrogen (secondary N) is 1. The molecule has 36 heavy (non-hydrogen) atoms. The summed E-state index contributed by atoms with van der Waals surface area (Å²) in [5, 5.41) is 3.55. The van der Waals surface area contributed by atoms with Gasteiger partial charge in [-0.15, -0.1) is 0 Å². The van der Waals surface area contributed by atoms with Gasteiger partial charge in [-0.1, -0.05) is 53.0 Å². The number of fused-ring (bicyclic) bond motifs is 3. The van der Waals surface area contributed by atoms with Crippen molar-refractivity contribution < 1.29 is 19.1 Å². The third-order valence-electron chi connectivity index (χ3n) is 6.88. The lowest BCUT2D eigenvalue weighted by Crippen LogP contribution is -2.54. The molecule has 0 aromatic heterocycles. The number of carbonyl (C=O) groups excluding carboxylic acids is 3. The van der Waals surface area contributed by atoms with Gasteiger partial charge < -0.3 is 15.8 Å². The number of nitrogens with zero attached hydrogens (tertiary/aromatic N) is 1. The average molecular weight is 591 g/mol. The number of methoxy groups -OCH3 is 1. The van der Waals surface area contributed by atoms with Crippen LogP contribution in [0.3, 0.4) is 0 Å². The summed E-state index contributed by atoms with van der Waals surface area (Å²) in [5.41, 5.74) is 6.38. The third-order valence-corrected chi connectivity index (χ3v) is 7.93. The number of halogens is 3. The summed E-state index contributed by atoms with van der Waals surface area (Å²) >= 11 is 16.4. The van der Waals surface area contributed by atoms with Crippen molar-refractivity contribution in [1.82, 2.24) is 0 Å². The van der Waals surface area contributed by atoms with Gasteiger partial charge in [-0.05, 0) is 48.2 Å². The van der Waals surface area contributed by atoms with E-state index < -0.39 is 22.7 Å². The predicted octanol–water partition coefficient (Wildman–Crippen LogP) is 5.45. The molecule has 0 bridgehead atoms. The minimum atomic E-state index is -1.79. The molecule has 3 aliphatic rings. The molecule has 0 radical (unpaired) electrons. The number of anilines is 2. The summed E-state index contributed by atoms with van der Waals surface area (Å²) in [6, 6.07) is 10.1. The number of rotatable bonds is 2. The Bertz CT molecular complexity index is 1450. The van der Waals surface area contributed by atoms with Gasteiger partial charge in [0.25, 0.3) is 0 Å². The van der Waals surface area contributed by atoms with Crippen molar-refractivity contribution in [3.63, 3.8) is 0 Å². The van der Waals surface area contributed by atoms with Crippen LogP contribution in [0.2, 0.25) is 10.0 Å². The molecule has 2 heterocycles. The monoisotopic (exact) mass is 589 g/mol. The number of ether oxygens (including phenoxy) is 1. The highest BCUT2D eigenvalue weighted by Gasteiger charge is 2.63. The summed E-state index contributed by atoms with van der Waals surface area (Å²) in [6.45, 7) is 3.93. The molecule has 2 aliphatic heterocycles. The molecule has 0 fully saturated rings. The highest BCUT2D eigenvalue weighted by atomic mass is 79.9. The third kappa shape index (κ3) is 3.42. The van der Waals surface area contributed by atoms with Gasteiger partial charge in [0.05, 0.1) is 17.8 Å². The van der Waals surface area contributed by atoms with E-state index >= 15 is 0 Å². The molecule has 10 heteroatoms. The fraction of sp³-hybridized carbons (Fsp3) is 0.269. The molecule has 1 unspecified atom stereocenters. The number of hydrogen-bond acceptors (Lipinski definition) is 6. The molecule has 7 nitrogen and oxygen atoms in total. The fourth-order valence-corrected chi connectivity index (χ4v) is 6.27. The highest BCUT2D eigenvalue weighted by Crippen LogP contribution is 2.58. The molecule has 3 N–H and O–H groups in total. The Labute approximate surface area is 226 Å². The Morgan fingerprint density at radius 3 is 2.56 bits per heavy atom. The maximum atomic E-state index is 14.0. The van der Waals surface area contributed by atoms with Gasteiger partial charge in [-0.3, -0.25) is 14.5 Å². The van der Waals surface area contributed by atoms with Gasteiger partial charge >= 0.3 is 5.97 Å². The van der Waals surface area contributed by atoms with E-state index in [4.69, 9.17) is 33.7 Å². The molecule has 1 aliphatic carbocycles. The van der Waals surface area contributed by atoms with Gasteiger partial charge in [-0.25, -0.2) is 4.79 Å². The lowest BCUT2D eigenvalue weighted by molar-refractivity contribution is -0.138. The summed E-state index contributed by atoms with van der Waals surface area (Å²) in [7, 11) is 1.21. The van der Waals surface area contributed by atoms with E-state index in [9.17, 15) is 14.4 Å². The first-order valence-corrected chi connectivity index (χ1v) is 12.7. The quantitative estimate of drug-likeness (QED) is 0.451. The van der Waals surface area contributed by atoms with E-state index in [-0.39, 0.29) is 29.2 Å². The number of benzene rings is 2. The van der Waals surface area contributed by atoms with E-state index in [2.05, 4.69) is 21.2 Å². The average Bonchev–Trinajstić information content (AvgIpc) is 3.06. The first-order valence-electron chi connectivity index (χ1n) is 11.1. The summed E-state index contributed by atoms with van der Waals surface area (Å²) in [6.07, 6.45) is 0.570.